The molecule has 0 fully saturated rings. The summed E-state index contributed by atoms with van der Waals surface area (Å²) >= 11 is 0. The van der Waals surface area contributed by atoms with Crippen LogP contribution < -0.4 is 10.3 Å². The van der Waals surface area contributed by atoms with E-state index in [1.165, 1.54) is 5.56 Å². The summed E-state index contributed by atoms with van der Waals surface area (Å²) in [6.45, 7) is 8.24. The van der Waals surface area contributed by atoms with Crippen LogP contribution in [0.4, 0.5) is 5.69 Å². The van der Waals surface area contributed by atoms with Crippen LogP contribution in [0.25, 0.3) is 10.9 Å². The normalized spacial score (nSPS) is 12.2. The summed E-state index contributed by atoms with van der Waals surface area (Å²) in [6, 6.07) is 4.00. The Hall–Kier alpha value is -2.14. The van der Waals surface area contributed by atoms with E-state index < -0.39 is 6.10 Å². The van der Waals surface area contributed by atoms with Gasteiger partial charge in [-0.1, -0.05) is 6.07 Å². The Bertz CT molecular complexity index is 696. The Morgan fingerprint density at radius 3 is 2.77 bits per heavy atom. The van der Waals surface area contributed by atoms with Crippen molar-refractivity contribution in [2.75, 3.05) is 18.5 Å². The lowest BCUT2D eigenvalue weighted by molar-refractivity contribution is -0.345. The van der Waals surface area contributed by atoms with E-state index in [4.69, 9.17) is 4.74 Å². The van der Waals surface area contributed by atoms with E-state index in [1.54, 1.807) is 20.0 Å². The summed E-state index contributed by atoms with van der Waals surface area (Å²) in [5.74, 6) is -0.382. The lowest BCUT2D eigenvalue weighted by Crippen LogP contribution is -2.21. The monoisotopic (exact) mass is 303 g/mol. The third-order valence-electron chi connectivity index (χ3n) is 3.70. The fraction of sp³-hybridized carbons (Fsp3) is 0.412. The van der Waals surface area contributed by atoms with Gasteiger partial charge in [0.1, 0.15) is 5.56 Å². The first-order chi connectivity index (χ1) is 10.5. The fourth-order valence-electron chi connectivity index (χ4n) is 2.38. The molecule has 1 aromatic carbocycles. The molecule has 0 bridgehead atoms. The molecule has 2 aromatic rings. The Balaban J connectivity index is 2.61. The summed E-state index contributed by atoms with van der Waals surface area (Å²) in [5.41, 5.74) is 4.41. The first-order valence-corrected chi connectivity index (χ1v) is 7.49. The molecule has 22 heavy (non-hydrogen) atoms. The van der Waals surface area contributed by atoms with Crippen LogP contribution in [0.3, 0.4) is 0 Å². The van der Waals surface area contributed by atoms with E-state index in [0.717, 1.165) is 16.5 Å². The number of carbonyl (C=O) groups is 1. The molecule has 0 spiro atoms. The van der Waals surface area contributed by atoms with Crippen LogP contribution in [0.15, 0.2) is 18.3 Å². The molecule has 5 nitrogen and oxygen atoms in total. The van der Waals surface area contributed by atoms with Crippen molar-refractivity contribution in [3.63, 3.8) is 0 Å². The average molecular weight is 303 g/mol. The van der Waals surface area contributed by atoms with Gasteiger partial charge in [0, 0.05) is 12.1 Å². The van der Waals surface area contributed by atoms with E-state index in [9.17, 15) is 9.90 Å². The standard InChI is InChI=1S/C17H22N2O3/c1-5-22-17(21)14-9-19-15-12(4)10(2)6-7-13(15)16(14)18-8-11(3)20/h6-7,9,11,20H,5,8H2,1-4H3,(H,18,19)/p+1/t11-/m0/s1. The molecule has 1 heterocycles. The number of carbonyl (C=O) groups excluding carboxylic acids is 1. The zero-order chi connectivity index (χ0) is 16.3. The Kier molecular flexibility index (Phi) is 4.98. The highest BCUT2D eigenvalue weighted by Gasteiger charge is 2.21. The molecule has 3 N–H and O–H groups in total. The van der Waals surface area contributed by atoms with Gasteiger partial charge in [-0.2, -0.15) is 0 Å². The Morgan fingerprint density at radius 1 is 1.41 bits per heavy atom. The Morgan fingerprint density at radius 2 is 2.14 bits per heavy atom. The second kappa shape index (κ2) is 6.75. The van der Waals surface area contributed by atoms with Gasteiger partial charge in [-0.25, -0.2) is 9.78 Å². The summed E-state index contributed by atoms with van der Waals surface area (Å²) < 4.78 is 5.12. The number of esters is 1. The number of nitrogens with one attached hydrogen (secondary N) is 2. The maximum Gasteiger partial charge on any atom is 0.346 e. The van der Waals surface area contributed by atoms with E-state index in [-0.39, 0.29) is 5.97 Å². The zero-order valence-corrected chi connectivity index (χ0v) is 13.5. The Labute approximate surface area is 130 Å². The minimum atomic E-state index is -0.513. The number of hydrogen-bond donors (Lipinski definition) is 2. The lowest BCUT2D eigenvalue weighted by atomic mass is 10.0. The van der Waals surface area contributed by atoms with Crippen molar-refractivity contribution in [1.82, 2.24) is 0 Å². The number of H-pyrrole nitrogens is 1. The van der Waals surface area contributed by atoms with Crippen LogP contribution in [-0.4, -0.2) is 30.3 Å². The number of hydrogen-bond acceptors (Lipinski definition) is 4. The summed E-state index contributed by atoms with van der Waals surface area (Å²) in [7, 11) is 0. The van der Waals surface area contributed by atoms with Gasteiger partial charge in [0.15, 0.2) is 6.20 Å². The van der Waals surface area contributed by atoms with Gasteiger partial charge in [0.05, 0.1) is 23.8 Å². The molecule has 1 atom stereocenters. The fourth-order valence-corrected chi connectivity index (χ4v) is 2.38. The van der Waals surface area contributed by atoms with Crippen molar-refractivity contribution in [1.29, 1.82) is 0 Å². The predicted molar refractivity (Wildman–Crippen MR) is 86.1 cm³/mol. The number of aliphatic hydroxyl groups is 1. The van der Waals surface area contributed by atoms with Crippen molar-refractivity contribution in [2.24, 2.45) is 0 Å². The van der Waals surface area contributed by atoms with Crippen molar-refractivity contribution in [3.05, 3.63) is 35.0 Å². The molecule has 5 heteroatoms. The number of ether oxygens (including phenoxy) is 1. The van der Waals surface area contributed by atoms with Crippen LogP contribution >= 0.6 is 0 Å². The third kappa shape index (κ3) is 3.20. The van der Waals surface area contributed by atoms with Crippen LogP contribution in [0.5, 0.6) is 0 Å². The SMILES string of the molecule is CCOC(=O)c1c[nH+]c2c(C)c(C)ccc2c1NC[C@H](C)O. The van der Waals surface area contributed by atoms with E-state index in [0.29, 0.717) is 24.4 Å². The molecule has 0 saturated heterocycles. The first-order valence-electron chi connectivity index (χ1n) is 7.49. The second-order valence-electron chi connectivity index (χ2n) is 5.46. The van der Waals surface area contributed by atoms with Gasteiger partial charge in [-0.05, 0) is 39.3 Å². The minimum Gasteiger partial charge on any atom is -0.462 e. The van der Waals surface area contributed by atoms with Gasteiger partial charge >= 0.3 is 5.97 Å². The molecule has 0 radical (unpaired) electrons. The number of anilines is 1. The van der Waals surface area contributed by atoms with Gasteiger partial charge in [-0.3, -0.25) is 0 Å². The molecule has 0 aliphatic carbocycles. The molecular weight excluding hydrogens is 280 g/mol. The van der Waals surface area contributed by atoms with Crippen molar-refractivity contribution in [3.8, 4) is 0 Å². The van der Waals surface area contributed by atoms with E-state index >= 15 is 0 Å². The number of aliphatic hydroxyl groups excluding tert-OH is 1. The smallest absolute Gasteiger partial charge is 0.346 e. The third-order valence-corrected chi connectivity index (χ3v) is 3.70. The molecule has 0 aliphatic rings. The quantitative estimate of drug-likeness (QED) is 0.831. The number of rotatable bonds is 5. The highest BCUT2D eigenvalue weighted by atomic mass is 16.5. The van der Waals surface area contributed by atoms with Crippen LogP contribution in [0.2, 0.25) is 0 Å². The molecule has 1 aromatic heterocycles. The summed E-state index contributed by atoms with van der Waals surface area (Å²) in [4.78, 5) is 15.4. The van der Waals surface area contributed by atoms with Crippen molar-refractivity contribution in [2.45, 2.75) is 33.8 Å². The molecule has 0 amide bonds. The highest BCUT2D eigenvalue weighted by Crippen LogP contribution is 2.28. The lowest BCUT2D eigenvalue weighted by Gasteiger charge is -2.14. The molecule has 0 unspecified atom stereocenters. The number of aryl methyl sites for hydroxylation is 2. The van der Waals surface area contributed by atoms with E-state index in [1.807, 2.05) is 26.0 Å². The number of pyridine rings is 1. The zero-order valence-electron chi connectivity index (χ0n) is 13.5. The molecule has 0 aliphatic heterocycles. The average Bonchev–Trinajstić information content (AvgIpc) is 2.48. The number of fused-ring (bicyclic) bond motifs is 1. The summed E-state index contributed by atoms with van der Waals surface area (Å²) in [6.07, 6.45) is 1.15. The number of benzene rings is 1. The van der Waals surface area contributed by atoms with E-state index in [2.05, 4.69) is 10.3 Å². The van der Waals surface area contributed by atoms with Crippen LogP contribution in [0.1, 0.15) is 35.3 Å². The van der Waals surface area contributed by atoms with Gasteiger partial charge in [-0.15, -0.1) is 0 Å². The van der Waals surface area contributed by atoms with Crippen molar-refractivity contribution < 1.29 is 19.6 Å². The van der Waals surface area contributed by atoms with Crippen LogP contribution in [0, 0.1) is 13.8 Å². The largest absolute Gasteiger partial charge is 0.462 e. The number of aromatic amines is 1. The van der Waals surface area contributed by atoms with Gasteiger partial charge in [0.25, 0.3) is 0 Å². The molecule has 0 saturated carbocycles. The maximum atomic E-state index is 12.2. The highest BCUT2D eigenvalue weighted by molar-refractivity contribution is 6.04. The molecular formula is C17H23N2O3+. The predicted octanol–water partition coefficient (Wildman–Crippen LogP) is 2.24. The number of aromatic nitrogens is 1. The molecule has 2 rings (SSSR count). The van der Waals surface area contributed by atoms with Gasteiger partial charge in [0.2, 0.25) is 5.52 Å². The topological polar surface area (TPSA) is 72.7 Å². The second-order valence-corrected chi connectivity index (χ2v) is 5.46. The summed E-state index contributed by atoms with van der Waals surface area (Å²) in [5, 5.41) is 13.6. The van der Waals surface area contributed by atoms with Crippen molar-refractivity contribution >= 4 is 22.6 Å². The maximum absolute atomic E-state index is 12.2. The van der Waals surface area contributed by atoms with Crippen LogP contribution in [-0.2, 0) is 4.74 Å². The van der Waals surface area contributed by atoms with Gasteiger partial charge < -0.3 is 15.2 Å². The first kappa shape index (κ1) is 16.2. The molecule has 118 valence electrons. The minimum absolute atomic E-state index is 0.319.